The average molecular weight is 529 g/mol. The van der Waals surface area contributed by atoms with E-state index >= 15 is 0 Å². The topological polar surface area (TPSA) is 138 Å². The first-order valence-electron chi connectivity index (χ1n) is 12.5. The molecule has 2 aromatic heterocycles. The van der Waals surface area contributed by atoms with Gasteiger partial charge in [0.15, 0.2) is 12.2 Å². The second kappa shape index (κ2) is 11.4. The van der Waals surface area contributed by atoms with E-state index in [0.717, 1.165) is 28.1 Å². The molecule has 3 N–H and O–H groups in total. The minimum Gasteiger partial charge on any atom is -0.486 e. The van der Waals surface area contributed by atoms with Gasteiger partial charge in [-0.3, -0.25) is 14.7 Å². The highest BCUT2D eigenvalue weighted by Gasteiger charge is 2.35. The van der Waals surface area contributed by atoms with E-state index in [-0.39, 0.29) is 25.6 Å². The predicted octanol–water partition coefficient (Wildman–Crippen LogP) is 3.82. The number of pyridine rings is 1. The number of nitrogens with zero attached hydrogens (tertiary/aromatic N) is 3. The van der Waals surface area contributed by atoms with Crippen molar-refractivity contribution in [3.05, 3.63) is 101 Å². The zero-order valence-electron chi connectivity index (χ0n) is 21.3. The number of oxazole rings is 1. The summed E-state index contributed by atoms with van der Waals surface area (Å²) in [5.41, 5.74) is 4.41. The van der Waals surface area contributed by atoms with Gasteiger partial charge in [-0.25, -0.2) is 9.78 Å². The van der Waals surface area contributed by atoms with Crippen LogP contribution >= 0.6 is 0 Å². The molecule has 2 atom stereocenters. The van der Waals surface area contributed by atoms with E-state index in [9.17, 15) is 19.8 Å². The number of benzene rings is 2. The highest BCUT2D eigenvalue weighted by Crippen LogP contribution is 2.29. The molecular weight excluding hydrogens is 500 g/mol. The summed E-state index contributed by atoms with van der Waals surface area (Å²) < 4.78 is 11.1. The molecule has 0 radical (unpaired) electrons. The third kappa shape index (κ3) is 5.91. The van der Waals surface area contributed by atoms with Crippen molar-refractivity contribution >= 4 is 12.0 Å². The SMILES string of the molecule is Cc1ncoc1COc1ccc2c(c1)CN(C(=O)O)C([C@H](O)CNC(=O)c1cccc(-c3ccccn3)c1)C2. The molecule has 0 saturated carbocycles. The normalized spacial score (nSPS) is 15.3. The first kappa shape index (κ1) is 25.9. The van der Waals surface area contributed by atoms with Gasteiger partial charge < -0.3 is 24.7 Å². The molecule has 10 heteroatoms. The highest BCUT2D eigenvalue weighted by molar-refractivity contribution is 5.95. The molecule has 2 aromatic carbocycles. The largest absolute Gasteiger partial charge is 0.486 e. The van der Waals surface area contributed by atoms with E-state index in [2.05, 4.69) is 15.3 Å². The number of ether oxygens (including phenoxy) is 1. The van der Waals surface area contributed by atoms with E-state index in [1.807, 2.05) is 37.3 Å². The molecule has 0 spiro atoms. The second-order valence-corrected chi connectivity index (χ2v) is 9.34. The summed E-state index contributed by atoms with van der Waals surface area (Å²) in [6.45, 7) is 2.02. The van der Waals surface area contributed by atoms with E-state index in [0.29, 0.717) is 23.5 Å². The summed E-state index contributed by atoms with van der Waals surface area (Å²) in [7, 11) is 0. The van der Waals surface area contributed by atoms with Crippen LogP contribution in [0.2, 0.25) is 0 Å². The van der Waals surface area contributed by atoms with Crippen LogP contribution in [0.1, 0.15) is 32.9 Å². The quantitative estimate of drug-likeness (QED) is 0.314. The summed E-state index contributed by atoms with van der Waals surface area (Å²) in [6, 6.07) is 17.3. The van der Waals surface area contributed by atoms with Crippen LogP contribution in [0.4, 0.5) is 4.79 Å². The molecular formula is C29H28N4O6. The zero-order chi connectivity index (χ0) is 27.4. The number of aliphatic hydroxyl groups is 1. The summed E-state index contributed by atoms with van der Waals surface area (Å²) in [5, 5.41) is 23.6. The minimum atomic E-state index is -1.15. The van der Waals surface area contributed by atoms with Gasteiger partial charge in [-0.2, -0.15) is 0 Å². The number of amides is 2. The number of fused-ring (bicyclic) bond motifs is 1. The molecule has 5 rings (SSSR count). The van der Waals surface area contributed by atoms with Crippen molar-refractivity contribution in [2.75, 3.05) is 6.54 Å². The van der Waals surface area contributed by atoms with Crippen LogP contribution in [0.5, 0.6) is 5.75 Å². The number of hydrogen-bond acceptors (Lipinski definition) is 7. The third-order valence-electron chi connectivity index (χ3n) is 6.81. The molecule has 200 valence electrons. The molecule has 0 saturated heterocycles. The number of aromatic nitrogens is 2. The third-order valence-corrected chi connectivity index (χ3v) is 6.81. The Morgan fingerprint density at radius 2 is 2.00 bits per heavy atom. The van der Waals surface area contributed by atoms with Crippen LogP contribution < -0.4 is 10.1 Å². The second-order valence-electron chi connectivity index (χ2n) is 9.34. The molecule has 2 amide bonds. The Hall–Kier alpha value is -4.70. The van der Waals surface area contributed by atoms with Gasteiger partial charge in [-0.1, -0.05) is 24.3 Å². The van der Waals surface area contributed by atoms with E-state index in [1.165, 1.54) is 11.3 Å². The highest BCUT2D eigenvalue weighted by atomic mass is 16.5. The minimum absolute atomic E-state index is 0.0883. The van der Waals surface area contributed by atoms with Gasteiger partial charge in [0.2, 0.25) is 0 Å². The Morgan fingerprint density at radius 3 is 2.74 bits per heavy atom. The Balaban J connectivity index is 1.23. The van der Waals surface area contributed by atoms with Crippen molar-refractivity contribution in [1.29, 1.82) is 0 Å². The van der Waals surface area contributed by atoms with Gasteiger partial charge in [0.25, 0.3) is 5.91 Å². The molecule has 4 aromatic rings. The lowest BCUT2D eigenvalue weighted by atomic mass is 9.91. The molecule has 0 aliphatic carbocycles. The molecule has 1 aliphatic rings. The number of aryl methyl sites for hydroxylation is 1. The standard InChI is InChI=1S/C29H28N4O6/c1-18-27(39-17-32-18)16-38-23-9-8-19-13-25(33(29(36)37)15-22(19)12-23)26(34)14-31-28(35)21-6-4-5-20(11-21)24-7-2-3-10-30-24/h2-12,17,25-26,34H,13-16H2,1H3,(H,31,35)(H,36,37)/t25?,26-/m1/s1. The lowest BCUT2D eigenvalue weighted by molar-refractivity contribution is 0.0381. The van der Waals surface area contributed by atoms with Gasteiger partial charge in [0.1, 0.15) is 12.4 Å². The molecule has 0 fully saturated rings. The van der Waals surface area contributed by atoms with Crippen LogP contribution in [-0.4, -0.2) is 55.8 Å². The van der Waals surface area contributed by atoms with E-state index in [1.54, 1.807) is 36.5 Å². The van der Waals surface area contributed by atoms with E-state index in [4.69, 9.17) is 9.15 Å². The van der Waals surface area contributed by atoms with Crippen molar-refractivity contribution in [3.63, 3.8) is 0 Å². The van der Waals surface area contributed by atoms with Crippen LogP contribution in [0.3, 0.4) is 0 Å². The Bertz CT molecular complexity index is 1470. The van der Waals surface area contributed by atoms with Crippen LogP contribution in [0, 0.1) is 6.92 Å². The Kier molecular flexibility index (Phi) is 7.55. The number of hydrogen-bond donors (Lipinski definition) is 3. The van der Waals surface area contributed by atoms with Crippen molar-refractivity contribution in [3.8, 4) is 17.0 Å². The smallest absolute Gasteiger partial charge is 0.407 e. The fourth-order valence-corrected chi connectivity index (χ4v) is 4.63. The average Bonchev–Trinajstić information content (AvgIpc) is 3.38. The number of carboxylic acid groups (broad SMARTS) is 1. The summed E-state index contributed by atoms with van der Waals surface area (Å²) in [4.78, 5) is 34.5. The van der Waals surface area contributed by atoms with Crippen molar-refractivity contribution in [2.24, 2.45) is 0 Å². The van der Waals surface area contributed by atoms with Gasteiger partial charge in [-0.15, -0.1) is 0 Å². The van der Waals surface area contributed by atoms with Crippen LogP contribution in [-0.2, 0) is 19.6 Å². The number of nitrogens with one attached hydrogen (secondary N) is 1. The Labute approximate surface area is 224 Å². The summed E-state index contributed by atoms with van der Waals surface area (Å²) in [6.07, 6.45) is 1.08. The number of carbonyl (C=O) groups is 2. The fourth-order valence-electron chi connectivity index (χ4n) is 4.63. The van der Waals surface area contributed by atoms with Crippen LogP contribution in [0.15, 0.2) is 77.7 Å². The molecule has 10 nitrogen and oxygen atoms in total. The van der Waals surface area contributed by atoms with Gasteiger partial charge in [-0.05, 0) is 60.9 Å². The molecule has 1 aliphatic heterocycles. The number of rotatable bonds is 8. The van der Waals surface area contributed by atoms with E-state index < -0.39 is 18.2 Å². The summed E-state index contributed by atoms with van der Waals surface area (Å²) >= 11 is 0. The van der Waals surface area contributed by atoms with Gasteiger partial charge in [0.05, 0.1) is 23.5 Å². The zero-order valence-corrected chi connectivity index (χ0v) is 21.3. The lowest BCUT2D eigenvalue weighted by Gasteiger charge is -2.37. The monoisotopic (exact) mass is 528 g/mol. The maximum Gasteiger partial charge on any atom is 0.407 e. The fraction of sp³-hybridized carbons (Fsp3) is 0.241. The molecule has 0 bridgehead atoms. The number of carbonyl (C=O) groups excluding carboxylic acids is 1. The maximum atomic E-state index is 12.8. The summed E-state index contributed by atoms with van der Waals surface area (Å²) in [5.74, 6) is 0.830. The lowest BCUT2D eigenvalue weighted by Crippen LogP contribution is -2.53. The molecule has 1 unspecified atom stereocenters. The van der Waals surface area contributed by atoms with Crippen LogP contribution in [0.25, 0.3) is 11.3 Å². The van der Waals surface area contributed by atoms with Crippen molar-refractivity contribution < 1.29 is 29.0 Å². The van der Waals surface area contributed by atoms with Crippen molar-refractivity contribution in [1.82, 2.24) is 20.2 Å². The first-order chi connectivity index (χ1) is 18.9. The van der Waals surface area contributed by atoms with Crippen molar-refractivity contribution in [2.45, 2.75) is 38.6 Å². The Morgan fingerprint density at radius 1 is 1.13 bits per heavy atom. The molecule has 3 heterocycles. The maximum absolute atomic E-state index is 12.8. The molecule has 39 heavy (non-hydrogen) atoms. The van der Waals surface area contributed by atoms with Gasteiger partial charge in [0, 0.05) is 30.4 Å². The predicted molar refractivity (Wildman–Crippen MR) is 141 cm³/mol. The first-order valence-corrected chi connectivity index (χ1v) is 12.5. The number of aliphatic hydroxyl groups excluding tert-OH is 1. The van der Waals surface area contributed by atoms with Gasteiger partial charge >= 0.3 is 6.09 Å².